The number of quaternary nitrogens is 1. The van der Waals surface area contributed by atoms with E-state index in [4.69, 9.17) is 4.74 Å². The van der Waals surface area contributed by atoms with Gasteiger partial charge in [-0.05, 0) is 0 Å². The predicted octanol–water partition coefficient (Wildman–Crippen LogP) is -2.95. The molecule has 3 heteroatoms. The van der Waals surface area contributed by atoms with Crippen LogP contribution < -0.4 is 24.0 Å². The molecule has 1 heterocycles. The molecular formula is C5H12INO. The molecule has 0 spiro atoms. The molecule has 0 atom stereocenters. The lowest BCUT2D eigenvalue weighted by Gasteiger charge is -2.19. The third-order valence-corrected chi connectivity index (χ3v) is 1.28. The van der Waals surface area contributed by atoms with E-state index in [9.17, 15) is 0 Å². The summed E-state index contributed by atoms with van der Waals surface area (Å²) in [5.41, 5.74) is 0. The summed E-state index contributed by atoms with van der Waals surface area (Å²) < 4.78 is 6.16. The highest BCUT2D eigenvalue weighted by Gasteiger charge is 2.20. The third-order valence-electron chi connectivity index (χ3n) is 1.28. The molecule has 1 rings (SSSR count). The third kappa shape index (κ3) is 2.28. The second-order valence-corrected chi connectivity index (χ2v) is 2.70. The average Bonchev–Trinajstić information content (AvgIpc) is 1.84. The standard InChI is InChI=1S/C5H12NO.HI/c1-6(2)3-4-7-5-6;/h3-5H2,1-2H3;1H/q+1;/p-1. The van der Waals surface area contributed by atoms with Crippen LogP contribution in [-0.4, -0.2) is 38.5 Å². The lowest BCUT2D eigenvalue weighted by atomic mass is 10.6. The zero-order valence-corrected chi connectivity index (χ0v) is 7.51. The lowest BCUT2D eigenvalue weighted by Crippen LogP contribution is -3.00. The molecule has 50 valence electrons. The minimum Gasteiger partial charge on any atom is -1.00 e. The van der Waals surface area contributed by atoms with Crippen LogP contribution >= 0.6 is 0 Å². The Morgan fingerprint density at radius 1 is 1.38 bits per heavy atom. The monoisotopic (exact) mass is 229 g/mol. The molecule has 0 N–H and O–H groups in total. The summed E-state index contributed by atoms with van der Waals surface area (Å²) >= 11 is 0. The first-order valence-electron chi connectivity index (χ1n) is 2.60. The molecule has 0 radical (unpaired) electrons. The number of likely N-dealkylation sites (N-methyl/N-ethyl adjacent to an activating group) is 1. The molecular weight excluding hydrogens is 217 g/mol. The van der Waals surface area contributed by atoms with Gasteiger partial charge in [0, 0.05) is 0 Å². The number of hydrogen-bond acceptors (Lipinski definition) is 1. The summed E-state index contributed by atoms with van der Waals surface area (Å²) in [5.74, 6) is 0. The molecule has 1 aliphatic heterocycles. The maximum Gasteiger partial charge on any atom is 0.183 e. The van der Waals surface area contributed by atoms with Crippen molar-refractivity contribution in [2.24, 2.45) is 0 Å². The fourth-order valence-corrected chi connectivity index (χ4v) is 0.688. The van der Waals surface area contributed by atoms with E-state index in [1.54, 1.807) is 0 Å². The smallest absolute Gasteiger partial charge is 0.183 e. The molecule has 0 unspecified atom stereocenters. The van der Waals surface area contributed by atoms with Crippen molar-refractivity contribution in [2.45, 2.75) is 0 Å². The normalized spacial score (nSPS) is 24.8. The van der Waals surface area contributed by atoms with Crippen LogP contribution in [0.3, 0.4) is 0 Å². The fraction of sp³-hybridized carbons (Fsp3) is 1.00. The van der Waals surface area contributed by atoms with Crippen LogP contribution in [0.15, 0.2) is 0 Å². The lowest BCUT2D eigenvalue weighted by molar-refractivity contribution is -0.887. The number of halogens is 1. The predicted molar refractivity (Wildman–Crippen MR) is 27.8 cm³/mol. The molecule has 0 aromatic heterocycles. The first-order chi connectivity index (χ1) is 3.21. The Bertz CT molecular complexity index is 66.8. The van der Waals surface area contributed by atoms with Crippen molar-refractivity contribution in [1.29, 1.82) is 0 Å². The number of ether oxygens (including phenoxy) is 1. The molecule has 1 saturated heterocycles. The highest BCUT2D eigenvalue weighted by Crippen LogP contribution is 2.03. The van der Waals surface area contributed by atoms with Crippen molar-refractivity contribution < 1.29 is 33.2 Å². The zero-order chi connectivity index (χ0) is 5.33. The molecule has 8 heavy (non-hydrogen) atoms. The number of hydrogen-bond donors (Lipinski definition) is 0. The minimum absolute atomic E-state index is 0. The van der Waals surface area contributed by atoms with Crippen molar-refractivity contribution in [3.8, 4) is 0 Å². The summed E-state index contributed by atoms with van der Waals surface area (Å²) in [6.07, 6.45) is 0. The van der Waals surface area contributed by atoms with Crippen molar-refractivity contribution >= 4 is 0 Å². The Kier molecular flexibility index (Phi) is 3.23. The topological polar surface area (TPSA) is 9.23 Å². The molecule has 0 saturated carbocycles. The van der Waals surface area contributed by atoms with E-state index in [0.29, 0.717) is 0 Å². The van der Waals surface area contributed by atoms with Crippen molar-refractivity contribution in [2.75, 3.05) is 34.0 Å². The van der Waals surface area contributed by atoms with Gasteiger partial charge in [-0.25, -0.2) is 0 Å². The van der Waals surface area contributed by atoms with Crippen LogP contribution in [0.2, 0.25) is 0 Å². The molecule has 0 aromatic rings. The molecule has 0 bridgehead atoms. The van der Waals surface area contributed by atoms with Gasteiger partial charge in [-0.15, -0.1) is 0 Å². The van der Waals surface area contributed by atoms with Crippen LogP contribution in [0, 0.1) is 0 Å². The number of nitrogens with zero attached hydrogens (tertiary/aromatic N) is 1. The molecule has 2 nitrogen and oxygen atoms in total. The largest absolute Gasteiger partial charge is 1.00 e. The Balaban J connectivity index is 0.000000490. The van der Waals surface area contributed by atoms with Gasteiger partial charge < -0.3 is 33.2 Å². The van der Waals surface area contributed by atoms with E-state index < -0.39 is 0 Å². The fourth-order valence-electron chi connectivity index (χ4n) is 0.688. The SMILES string of the molecule is C[N+]1(C)CCOC1.[I-]. The maximum atomic E-state index is 5.13. The van der Waals surface area contributed by atoms with E-state index >= 15 is 0 Å². The van der Waals surface area contributed by atoms with Crippen molar-refractivity contribution in [1.82, 2.24) is 0 Å². The Hall–Kier alpha value is 0.650. The van der Waals surface area contributed by atoms with Gasteiger partial charge in [0.15, 0.2) is 6.73 Å². The van der Waals surface area contributed by atoms with Gasteiger partial charge in [-0.2, -0.15) is 0 Å². The van der Waals surface area contributed by atoms with Gasteiger partial charge in [0.25, 0.3) is 0 Å². The van der Waals surface area contributed by atoms with Gasteiger partial charge in [-0.3, -0.25) is 0 Å². The van der Waals surface area contributed by atoms with Crippen molar-refractivity contribution in [3.63, 3.8) is 0 Å². The summed E-state index contributed by atoms with van der Waals surface area (Å²) in [4.78, 5) is 0. The highest BCUT2D eigenvalue weighted by atomic mass is 127. The molecule has 1 aliphatic rings. The molecule has 1 fully saturated rings. The summed E-state index contributed by atoms with van der Waals surface area (Å²) in [5, 5.41) is 0. The Labute approximate surface area is 67.4 Å². The van der Waals surface area contributed by atoms with Gasteiger partial charge >= 0.3 is 0 Å². The molecule has 0 aliphatic carbocycles. The summed E-state index contributed by atoms with van der Waals surface area (Å²) in [6, 6.07) is 0. The average molecular weight is 229 g/mol. The summed E-state index contributed by atoms with van der Waals surface area (Å²) in [7, 11) is 4.35. The molecule has 0 amide bonds. The minimum atomic E-state index is 0. The van der Waals surface area contributed by atoms with E-state index in [0.717, 1.165) is 17.8 Å². The van der Waals surface area contributed by atoms with E-state index in [1.807, 2.05) is 0 Å². The quantitative estimate of drug-likeness (QED) is 0.319. The van der Waals surface area contributed by atoms with E-state index in [2.05, 4.69) is 14.1 Å². The maximum absolute atomic E-state index is 5.13. The van der Waals surface area contributed by atoms with E-state index in [-0.39, 0.29) is 24.0 Å². The van der Waals surface area contributed by atoms with Crippen molar-refractivity contribution in [3.05, 3.63) is 0 Å². The second-order valence-electron chi connectivity index (χ2n) is 2.70. The number of rotatable bonds is 0. The molecule has 0 aromatic carbocycles. The van der Waals surface area contributed by atoms with Gasteiger partial charge in [-0.1, -0.05) is 0 Å². The Morgan fingerprint density at radius 3 is 2.12 bits per heavy atom. The highest BCUT2D eigenvalue weighted by molar-refractivity contribution is 4.33. The van der Waals surface area contributed by atoms with Crippen LogP contribution in [0.1, 0.15) is 0 Å². The first-order valence-corrected chi connectivity index (χ1v) is 2.60. The van der Waals surface area contributed by atoms with Gasteiger partial charge in [0.05, 0.1) is 14.1 Å². The van der Waals surface area contributed by atoms with E-state index in [1.165, 1.54) is 6.54 Å². The van der Waals surface area contributed by atoms with Crippen LogP contribution in [-0.2, 0) is 4.74 Å². The van der Waals surface area contributed by atoms with Crippen LogP contribution in [0.5, 0.6) is 0 Å². The summed E-state index contributed by atoms with van der Waals surface area (Å²) in [6.45, 7) is 2.99. The Morgan fingerprint density at radius 2 is 2.00 bits per heavy atom. The second kappa shape index (κ2) is 2.98. The zero-order valence-electron chi connectivity index (χ0n) is 5.35. The first kappa shape index (κ1) is 8.65. The van der Waals surface area contributed by atoms with Gasteiger partial charge in [0.1, 0.15) is 13.2 Å². The van der Waals surface area contributed by atoms with Gasteiger partial charge in [0.2, 0.25) is 0 Å². The van der Waals surface area contributed by atoms with Crippen LogP contribution in [0.4, 0.5) is 0 Å². The van der Waals surface area contributed by atoms with Crippen LogP contribution in [0.25, 0.3) is 0 Å².